The minimum Gasteiger partial charge on any atom is -0.454 e. The number of hydrogen-bond acceptors (Lipinski definition) is 5. The summed E-state index contributed by atoms with van der Waals surface area (Å²) in [5, 5.41) is 8.47. The number of fused-ring (bicyclic) bond motifs is 3. The van der Waals surface area contributed by atoms with Crippen LogP contribution in [0.4, 0.5) is 13.2 Å². The van der Waals surface area contributed by atoms with Gasteiger partial charge in [0.05, 0.1) is 22.0 Å². The van der Waals surface area contributed by atoms with Crippen molar-refractivity contribution >= 4 is 22.6 Å². The molecule has 0 fully saturated rings. The highest BCUT2D eigenvalue weighted by atomic mass is 19.4. The van der Waals surface area contributed by atoms with E-state index in [1.165, 1.54) is 4.57 Å². The van der Waals surface area contributed by atoms with E-state index in [1.54, 1.807) is 23.6 Å². The van der Waals surface area contributed by atoms with Crippen molar-refractivity contribution < 1.29 is 22.7 Å². The van der Waals surface area contributed by atoms with Crippen LogP contribution in [0.1, 0.15) is 27.3 Å². The third-order valence-corrected chi connectivity index (χ3v) is 4.72. The van der Waals surface area contributed by atoms with Crippen LogP contribution < -0.4 is 5.56 Å². The molecule has 0 radical (unpaired) electrons. The lowest BCUT2D eigenvalue weighted by Crippen LogP contribution is -2.20. The van der Waals surface area contributed by atoms with Gasteiger partial charge in [0.15, 0.2) is 12.4 Å². The summed E-state index contributed by atoms with van der Waals surface area (Å²) >= 11 is 0. The Kier molecular flexibility index (Phi) is 4.56. The first-order chi connectivity index (χ1) is 14.2. The minimum absolute atomic E-state index is 0.0234. The molecule has 0 aliphatic rings. The summed E-state index contributed by atoms with van der Waals surface area (Å²) in [6.07, 6.45) is -4.49. The highest BCUT2D eigenvalue weighted by Crippen LogP contribution is 2.29. The molecule has 0 saturated heterocycles. The van der Waals surface area contributed by atoms with Crippen LogP contribution in [0.3, 0.4) is 0 Å². The number of ether oxygens (including phenoxy) is 1. The van der Waals surface area contributed by atoms with Crippen LogP contribution in [0, 0.1) is 6.92 Å². The van der Waals surface area contributed by atoms with E-state index in [0.717, 1.165) is 29.8 Å². The van der Waals surface area contributed by atoms with Gasteiger partial charge in [0.1, 0.15) is 0 Å². The summed E-state index contributed by atoms with van der Waals surface area (Å²) in [7, 11) is 1.56. The van der Waals surface area contributed by atoms with E-state index in [9.17, 15) is 22.8 Å². The summed E-state index contributed by atoms with van der Waals surface area (Å²) < 4.78 is 46.1. The Bertz CT molecular complexity index is 1340. The normalized spacial score (nSPS) is 11.9. The van der Waals surface area contributed by atoms with Crippen LogP contribution in [0.2, 0.25) is 0 Å². The Morgan fingerprint density at radius 2 is 1.80 bits per heavy atom. The maximum atomic E-state index is 12.7. The van der Waals surface area contributed by atoms with Crippen LogP contribution in [-0.2, 0) is 24.6 Å². The molecule has 0 aliphatic heterocycles. The zero-order valence-electron chi connectivity index (χ0n) is 15.9. The monoisotopic (exact) mass is 416 g/mol. The molecule has 4 aromatic rings. The van der Waals surface area contributed by atoms with Crippen molar-refractivity contribution in [3.63, 3.8) is 0 Å². The van der Waals surface area contributed by atoms with Gasteiger partial charge in [-0.3, -0.25) is 13.8 Å². The summed E-state index contributed by atoms with van der Waals surface area (Å²) in [5.74, 6) is -0.253. The van der Waals surface area contributed by atoms with Crippen LogP contribution in [0.25, 0.3) is 16.7 Å². The fourth-order valence-corrected chi connectivity index (χ4v) is 3.16. The smallest absolute Gasteiger partial charge is 0.416 e. The van der Waals surface area contributed by atoms with Gasteiger partial charge in [-0.25, -0.2) is 4.79 Å². The first-order valence-electron chi connectivity index (χ1n) is 8.84. The largest absolute Gasteiger partial charge is 0.454 e. The number of aromatic nitrogens is 4. The summed E-state index contributed by atoms with van der Waals surface area (Å²) in [5.41, 5.74) is 0.350. The number of alkyl halides is 3. The predicted octanol–water partition coefficient (Wildman–Crippen LogP) is 3.27. The first-order valence-corrected chi connectivity index (χ1v) is 8.84. The molecule has 0 spiro atoms. The van der Waals surface area contributed by atoms with Crippen molar-refractivity contribution in [3.8, 4) is 0 Å². The number of halogens is 3. The summed E-state index contributed by atoms with van der Waals surface area (Å²) in [6, 6.07) is 9.06. The van der Waals surface area contributed by atoms with E-state index in [-0.39, 0.29) is 29.3 Å². The zero-order valence-corrected chi connectivity index (χ0v) is 15.9. The molecule has 154 valence electrons. The second-order valence-corrected chi connectivity index (χ2v) is 6.79. The van der Waals surface area contributed by atoms with E-state index in [0.29, 0.717) is 10.9 Å². The molecule has 10 heteroatoms. The number of carbonyl (C=O) groups is 1. The molecule has 2 heterocycles. The molecular weight excluding hydrogens is 401 g/mol. The maximum absolute atomic E-state index is 12.7. The standard InChI is InChI=1S/C20H15F3N4O3/c1-11-3-8-15-14(9-11)17(28)26(2)19-25-24-16(27(15)19)10-30-18(29)12-4-6-13(7-5-12)20(21,22)23/h3-9H,10H2,1-2H3. The highest BCUT2D eigenvalue weighted by Gasteiger charge is 2.30. The SMILES string of the molecule is Cc1ccc2c(c1)c(=O)n(C)c1nnc(COC(=O)c3ccc(C(F)(F)F)cc3)n21. The van der Waals surface area contributed by atoms with E-state index >= 15 is 0 Å². The molecule has 0 unspecified atom stereocenters. The fourth-order valence-electron chi connectivity index (χ4n) is 3.16. The average Bonchev–Trinajstić information content (AvgIpc) is 3.14. The van der Waals surface area contributed by atoms with Crippen molar-refractivity contribution in [2.75, 3.05) is 0 Å². The van der Waals surface area contributed by atoms with Crippen molar-refractivity contribution in [2.45, 2.75) is 19.7 Å². The van der Waals surface area contributed by atoms with Gasteiger partial charge in [0, 0.05) is 7.05 Å². The molecule has 7 nitrogen and oxygen atoms in total. The number of carbonyl (C=O) groups excluding carboxylic acids is 1. The molecule has 30 heavy (non-hydrogen) atoms. The number of benzene rings is 2. The molecular formula is C20H15F3N4O3. The second-order valence-electron chi connectivity index (χ2n) is 6.79. The number of nitrogens with zero attached hydrogens (tertiary/aromatic N) is 4. The summed E-state index contributed by atoms with van der Waals surface area (Å²) in [6.45, 7) is 1.59. The van der Waals surface area contributed by atoms with Crippen molar-refractivity contribution in [1.29, 1.82) is 0 Å². The number of rotatable bonds is 3. The van der Waals surface area contributed by atoms with Gasteiger partial charge in [-0.15, -0.1) is 10.2 Å². The highest BCUT2D eigenvalue weighted by molar-refractivity contribution is 5.89. The third-order valence-electron chi connectivity index (χ3n) is 4.72. The molecule has 2 aromatic carbocycles. The Hall–Kier alpha value is -3.69. The van der Waals surface area contributed by atoms with Crippen LogP contribution in [0.5, 0.6) is 0 Å². The van der Waals surface area contributed by atoms with Crippen LogP contribution in [0.15, 0.2) is 47.3 Å². The van der Waals surface area contributed by atoms with Gasteiger partial charge in [-0.2, -0.15) is 13.2 Å². The van der Waals surface area contributed by atoms with Gasteiger partial charge in [-0.05, 0) is 43.3 Å². The number of esters is 1. The number of aryl methyl sites for hydroxylation is 2. The molecule has 0 saturated carbocycles. The van der Waals surface area contributed by atoms with Gasteiger partial charge in [-0.1, -0.05) is 11.6 Å². The molecule has 0 aliphatic carbocycles. The number of hydrogen-bond donors (Lipinski definition) is 0. The zero-order chi connectivity index (χ0) is 21.6. The topological polar surface area (TPSA) is 78.5 Å². The van der Waals surface area contributed by atoms with Crippen LogP contribution >= 0.6 is 0 Å². The Morgan fingerprint density at radius 1 is 1.10 bits per heavy atom. The van der Waals surface area contributed by atoms with E-state index in [4.69, 9.17) is 4.74 Å². The van der Waals surface area contributed by atoms with Gasteiger partial charge < -0.3 is 4.74 Å². The second kappa shape index (κ2) is 6.97. The lowest BCUT2D eigenvalue weighted by atomic mass is 10.1. The predicted molar refractivity (Wildman–Crippen MR) is 101 cm³/mol. The molecule has 0 amide bonds. The average molecular weight is 416 g/mol. The van der Waals surface area contributed by atoms with Crippen molar-refractivity contribution in [3.05, 3.63) is 75.3 Å². The molecule has 4 rings (SSSR count). The minimum atomic E-state index is -4.49. The lowest BCUT2D eigenvalue weighted by molar-refractivity contribution is -0.137. The molecule has 2 aromatic heterocycles. The Balaban J connectivity index is 1.66. The quantitative estimate of drug-likeness (QED) is 0.479. The Morgan fingerprint density at radius 3 is 2.47 bits per heavy atom. The van der Waals surface area contributed by atoms with Gasteiger partial charge >= 0.3 is 12.1 Å². The molecule has 0 N–H and O–H groups in total. The maximum Gasteiger partial charge on any atom is 0.416 e. The Labute approximate surface area is 167 Å². The van der Waals surface area contributed by atoms with E-state index in [2.05, 4.69) is 10.2 Å². The van der Waals surface area contributed by atoms with Crippen molar-refractivity contribution in [2.24, 2.45) is 7.05 Å². The molecule has 0 bridgehead atoms. The van der Waals surface area contributed by atoms with Gasteiger partial charge in [0.25, 0.3) is 5.56 Å². The molecule has 0 atom stereocenters. The van der Waals surface area contributed by atoms with E-state index in [1.807, 2.05) is 13.0 Å². The van der Waals surface area contributed by atoms with Crippen molar-refractivity contribution in [1.82, 2.24) is 19.2 Å². The van der Waals surface area contributed by atoms with E-state index < -0.39 is 17.7 Å². The van der Waals surface area contributed by atoms with Crippen LogP contribution in [-0.4, -0.2) is 25.1 Å². The first kappa shape index (κ1) is 19.6. The summed E-state index contributed by atoms with van der Waals surface area (Å²) in [4.78, 5) is 24.8. The third kappa shape index (κ3) is 3.30. The lowest BCUT2D eigenvalue weighted by Gasteiger charge is -2.09. The fraction of sp³-hybridized carbons (Fsp3) is 0.200. The van der Waals surface area contributed by atoms with Gasteiger partial charge in [0.2, 0.25) is 5.78 Å².